The van der Waals surface area contributed by atoms with E-state index in [4.69, 9.17) is 23.1 Å². The highest BCUT2D eigenvalue weighted by molar-refractivity contribution is 6.33. The molecule has 5 heteroatoms. The number of nitrogens with two attached hydrogens (primary N) is 2. The van der Waals surface area contributed by atoms with Crippen molar-refractivity contribution < 1.29 is 4.79 Å². The van der Waals surface area contributed by atoms with Gasteiger partial charge in [0.15, 0.2) is 0 Å². The minimum absolute atomic E-state index is 0.211. The molecule has 21 heavy (non-hydrogen) atoms. The minimum atomic E-state index is -0.525. The smallest absolute Gasteiger partial charge is 0.250 e. The molecule has 5 N–H and O–H groups in total. The Kier molecular flexibility index (Phi) is 3.47. The van der Waals surface area contributed by atoms with E-state index in [1.807, 2.05) is 18.2 Å². The van der Waals surface area contributed by atoms with Crippen LogP contribution in [-0.2, 0) is 6.42 Å². The van der Waals surface area contributed by atoms with Gasteiger partial charge in [0.1, 0.15) is 0 Å². The number of fused-ring (bicyclic) bond motifs is 1. The fourth-order valence-electron chi connectivity index (χ4n) is 2.79. The highest BCUT2D eigenvalue weighted by Gasteiger charge is 2.22. The third-order valence-corrected chi connectivity index (χ3v) is 4.15. The molecule has 4 nitrogen and oxygen atoms in total. The van der Waals surface area contributed by atoms with E-state index in [0.29, 0.717) is 10.6 Å². The molecule has 0 spiro atoms. The maximum Gasteiger partial charge on any atom is 0.250 e. The number of carbonyl (C=O) groups excluding carboxylic acids is 1. The molecule has 1 atom stereocenters. The summed E-state index contributed by atoms with van der Waals surface area (Å²) in [5.41, 5.74) is 15.6. The number of halogens is 1. The molecule has 0 bridgehead atoms. The van der Waals surface area contributed by atoms with Crippen LogP contribution in [0.4, 0.5) is 11.4 Å². The predicted molar refractivity (Wildman–Crippen MR) is 85.5 cm³/mol. The molecular weight excluding hydrogens is 286 g/mol. The first-order chi connectivity index (χ1) is 10.0. The van der Waals surface area contributed by atoms with Crippen molar-refractivity contribution in [2.45, 2.75) is 18.9 Å². The molecular formula is C16H16ClN3O. The van der Waals surface area contributed by atoms with E-state index in [0.717, 1.165) is 24.2 Å². The van der Waals surface area contributed by atoms with Gasteiger partial charge in [0.05, 0.1) is 16.6 Å². The Morgan fingerprint density at radius 1 is 1.24 bits per heavy atom. The molecule has 2 aromatic rings. The minimum Gasteiger partial charge on any atom is -0.399 e. The van der Waals surface area contributed by atoms with Crippen LogP contribution in [0.2, 0.25) is 5.02 Å². The van der Waals surface area contributed by atoms with Crippen LogP contribution in [0, 0.1) is 0 Å². The van der Waals surface area contributed by atoms with Gasteiger partial charge in [-0.05, 0) is 54.3 Å². The van der Waals surface area contributed by atoms with E-state index in [1.54, 1.807) is 12.1 Å². The molecule has 0 fully saturated rings. The molecule has 0 saturated heterocycles. The van der Waals surface area contributed by atoms with Crippen molar-refractivity contribution in [2.24, 2.45) is 5.73 Å². The van der Waals surface area contributed by atoms with Gasteiger partial charge in [-0.25, -0.2) is 0 Å². The molecule has 2 aromatic carbocycles. The fourth-order valence-corrected chi connectivity index (χ4v) is 3.00. The molecule has 0 aromatic heterocycles. The maximum absolute atomic E-state index is 11.3. The SMILES string of the molecule is NC(=O)c1cc(NC2CCc3cc(N)ccc32)ccc1Cl. The Hall–Kier alpha value is -2.20. The van der Waals surface area contributed by atoms with Crippen LogP contribution >= 0.6 is 11.6 Å². The average molecular weight is 302 g/mol. The molecule has 0 saturated carbocycles. The van der Waals surface area contributed by atoms with Gasteiger partial charge in [0.2, 0.25) is 5.91 Å². The van der Waals surface area contributed by atoms with Crippen LogP contribution < -0.4 is 16.8 Å². The van der Waals surface area contributed by atoms with E-state index in [9.17, 15) is 4.79 Å². The maximum atomic E-state index is 11.3. The monoisotopic (exact) mass is 301 g/mol. The first kappa shape index (κ1) is 13.8. The Morgan fingerprint density at radius 3 is 2.81 bits per heavy atom. The van der Waals surface area contributed by atoms with Crippen LogP contribution in [0.5, 0.6) is 0 Å². The summed E-state index contributed by atoms with van der Waals surface area (Å²) >= 11 is 5.96. The molecule has 0 heterocycles. The van der Waals surface area contributed by atoms with Gasteiger partial charge in [0.25, 0.3) is 0 Å². The summed E-state index contributed by atoms with van der Waals surface area (Å²) in [5, 5.41) is 3.80. The number of anilines is 2. The van der Waals surface area contributed by atoms with Gasteiger partial charge >= 0.3 is 0 Å². The summed E-state index contributed by atoms with van der Waals surface area (Å²) in [6, 6.07) is 11.4. The third-order valence-electron chi connectivity index (χ3n) is 3.82. The largest absolute Gasteiger partial charge is 0.399 e. The van der Waals surface area contributed by atoms with E-state index in [2.05, 4.69) is 11.4 Å². The van der Waals surface area contributed by atoms with Crippen molar-refractivity contribution in [3.05, 3.63) is 58.1 Å². The van der Waals surface area contributed by atoms with Crippen molar-refractivity contribution in [1.29, 1.82) is 0 Å². The number of carbonyl (C=O) groups is 1. The van der Waals surface area contributed by atoms with E-state index in [-0.39, 0.29) is 6.04 Å². The molecule has 108 valence electrons. The molecule has 3 rings (SSSR count). The van der Waals surface area contributed by atoms with Crippen molar-refractivity contribution in [3.63, 3.8) is 0 Å². The number of amides is 1. The number of primary amides is 1. The van der Waals surface area contributed by atoms with Crippen LogP contribution in [0.1, 0.15) is 33.9 Å². The summed E-state index contributed by atoms with van der Waals surface area (Å²) in [6.07, 6.45) is 1.99. The standard InChI is InChI=1S/C16H16ClN3O/c17-14-5-3-11(8-13(14)16(19)21)20-15-6-1-9-7-10(18)2-4-12(9)15/h2-5,7-8,15,20H,1,6,18H2,(H2,19,21). The molecule has 0 radical (unpaired) electrons. The second kappa shape index (κ2) is 5.30. The number of aryl methyl sites for hydroxylation is 1. The summed E-state index contributed by atoms with van der Waals surface area (Å²) in [7, 11) is 0. The Bertz CT molecular complexity index is 715. The van der Waals surface area contributed by atoms with Crippen molar-refractivity contribution >= 4 is 28.9 Å². The number of hydrogen-bond donors (Lipinski definition) is 3. The van der Waals surface area contributed by atoms with E-state index in [1.165, 1.54) is 11.1 Å². The molecule has 1 unspecified atom stereocenters. The number of benzene rings is 2. The van der Waals surface area contributed by atoms with Crippen molar-refractivity contribution in [3.8, 4) is 0 Å². The Labute approximate surface area is 128 Å². The molecule has 0 aliphatic heterocycles. The van der Waals surface area contributed by atoms with Gasteiger partial charge in [-0.2, -0.15) is 0 Å². The van der Waals surface area contributed by atoms with Gasteiger partial charge in [0, 0.05) is 11.4 Å². The molecule has 1 aliphatic rings. The lowest BCUT2D eigenvalue weighted by Gasteiger charge is -2.16. The lowest BCUT2D eigenvalue weighted by Crippen LogP contribution is -2.13. The topological polar surface area (TPSA) is 81.1 Å². The number of hydrogen-bond acceptors (Lipinski definition) is 3. The second-order valence-electron chi connectivity index (χ2n) is 5.25. The molecule has 1 amide bonds. The average Bonchev–Trinajstić information content (AvgIpc) is 2.83. The summed E-state index contributed by atoms with van der Waals surface area (Å²) in [6.45, 7) is 0. The number of rotatable bonds is 3. The van der Waals surface area contributed by atoms with Gasteiger partial charge in [-0.3, -0.25) is 4.79 Å². The van der Waals surface area contributed by atoms with Crippen LogP contribution in [0.3, 0.4) is 0 Å². The van der Waals surface area contributed by atoms with E-state index < -0.39 is 5.91 Å². The zero-order chi connectivity index (χ0) is 15.0. The number of nitrogens with one attached hydrogen (secondary N) is 1. The second-order valence-corrected chi connectivity index (χ2v) is 5.66. The quantitative estimate of drug-likeness (QED) is 0.762. The highest BCUT2D eigenvalue weighted by atomic mass is 35.5. The lowest BCUT2D eigenvalue weighted by molar-refractivity contribution is 0.100. The van der Waals surface area contributed by atoms with Gasteiger partial charge in [-0.15, -0.1) is 0 Å². The van der Waals surface area contributed by atoms with Crippen LogP contribution in [-0.4, -0.2) is 5.91 Å². The summed E-state index contributed by atoms with van der Waals surface area (Å²) < 4.78 is 0. The fraction of sp³-hybridized carbons (Fsp3) is 0.188. The summed E-state index contributed by atoms with van der Waals surface area (Å²) in [4.78, 5) is 11.3. The summed E-state index contributed by atoms with van der Waals surface area (Å²) in [5.74, 6) is -0.525. The van der Waals surface area contributed by atoms with Crippen molar-refractivity contribution in [1.82, 2.24) is 0 Å². The molecule has 1 aliphatic carbocycles. The zero-order valence-corrected chi connectivity index (χ0v) is 12.2. The first-order valence-electron chi connectivity index (χ1n) is 6.79. The lowest BCUT2D eigenvalue weighted by atomic mass is 10.1. The normalized spacial score (nSPS) is 16.5. The van der Waals surface area contributed by atoms with E-state index >= 15 is 0 Å². The Balaban J connectivity index is 1.86. The number of nitrogen functional groups attached to an aromatic ring is 1. The van der Waals surface area contributed by atoms with Crippen molar-refractivity contribution in [2.75, 3.05) is 11.1 Å². The third kappa shape index (κ3) is 2.67. The Morgan fingerprint density at radius 2 is 2.05 bits per heavy atom. The van der Waals surface area contributed by atoms with Gasteiger partial charge in [-0.1, -0.05) is 17.7 Å². The zero-order valence-electron chi connectivity index (χ0n) is 11.4. The van der Waals surface area contributed by atoms with Gasteiger partial charge < -0.3 is 16.8 Å². The first-order valence-corrected chi connectivity index (χ1v) is 7.16. The predicted octanol–water partition coefficient (Wildman–Crippen LogP) is 3.12. The highest BCUT2D eigenvalue weighted by Crippen LogP contribution is 2.35. The van der Waals surface area contributed by atoms with Crippen LogP contribution in [0.25, 0.3) is 0 Å². The van der Waals surface area contributed by atoms with Crippen LogP contribution in [0.15, 0.2) is 36.4 Å².